The van der Waals surface area contributed by atoms with Crippen molar-refractivity contribution in [2.75, 3.05) is 26.2 Å². The standard InChI is InChI=1S/C28H37N3O/c1-23-18-30(21-28-8-5-7-27(17-28)20-29-14-3-4-15-29)19-24(2)31(23)22-26-12-10-25(11-13-26)9-6-16-32/h5-13,16-17,23-24H,3-4,14-15,18-22H2,1-2H3/b9-6+. The molecule has 32 heavy (non-hydrogen) atoms. The van der Waals surface area contributed by atoms with Crippen LogP contribution >= 0.6 is 0 Å². The average Bonchev–Trinajstić information content (AvgIpc) is 3.29. The van der Waals surface area contributed by atoms with Crippen LogP contribution in [-0.2, 0) is 24.4 Å². The predicted molar refractivity (Wildman–Crippen MR) is 132 cm³/mol. The van der Waals surface area contributed by atoms with Crippen LogP contribution < -0.4 is 0 Å². The van der Waals surface area contributed by atoms with Gasteiger partial charge in [0.2, 0.25) is 0 Å². The summed E-state index contributed by atoms with van der Waals surface area (Å²) in [5, 5.41) is 0. The number of aldehydes is 1. The molecular formula is C28H37N3O. The van der Waals surface area contributed by atoms with E-state index in [1.807, 2.05) is 6.08 Å². The van der Waals surface area contributed by atoms with Gasteiger partial charge in [0.1, 0.15) is 6.29 Å². The van der Waals surface area contributed by atoms with Crippen molar-refractivity contribution < 1.29 is 4.79 Å². The van der Waals surface area contributed by atoms with Crippen molar-refractivity contribution in [3.63, 3.8) is 0 Å². The molecule has 2 aliphatic rings. The zero-order chi connectivity index (χ0) is 22.3. The molecule has 0 radical (unpaired) electrons. The fourth-order valence-corrected chi connectivity index (χ4v) is 5.29. The van der Waals surface area contributed by atoms with Gasteiger partial charge in [-0.25, -0.2) is 0 Å². The minimum absolute atomic E-state index is 0.515. The minimum atomic E-state index is 0.515. The van der Waals surface area contributed by atoms with Crippen LogP contribution in [0.2, 0.25) is 0 Å². The molecule has 0 amide bonds. The van der Waals surface area contributed by atoms with Crippen LogP contribution in [0, 0.1) is 0 Å². The van der Waals surface area contributed by atoms with Crippen molar-refractivity contribution in [2.24, 2.45) is 0 Å². The minimum Gasteiger partial charge on any atom is -0.299 e. The maximum absolute atomic E-state index is 10.5. The highest BCUT2D eigenvalue weighted by molar-refractivity contribution is 5.73. The molecule has 0 N–H and O–H groups in total. The van der Waals surface area contributed by atoms with Crippen molar-refractivity contribution in [3.05, 3.63) is 76.9 Å². The van der Waals surface area contributed by atoms with Gasteiger partial charge < -0.3 is 0 Å². The van der Waals surface area contributed by atoms with E-state index in [9.17, 15) is 4.79 Å². The molecular weight excluding hydrogens is 394 g/mol. The molecule has 2 fully saturated rings. The topological polar surface area (TPSA) is 26.8 Å². The SMILES string of the molecule is CC1CN(Cc2cccc(CN3CCCC3)c2)CC(C)N1Cc1ccc(/C=C/C=O)cc1. The Morgan fingerprint density at radius 1 is 0.812 bits per heavy atom. The Kier molecular flexibility index (Phi) is 7.90. The highest BCUT2D eigenvalue weighted by atomic mass is 16.1. The van der Waals surface area contributed by atoms with Crippen molar-refractivity contribution in [3.8, 4) is 0 Å². The van der Waals surface area contributed by atoms with Gasteiger partial charge in [0.05, 0.1) is 0 Å². The van der Waals surface area contributed by atoms with E-state index in [4.69, 9.17) is 0 Å². The highest BCUT2D eigenvalue weighted by Crippen LogP contribution is 2.22. The van der Waals surface area contributed by atoms with E-state index < -0.39 is 0 Å². The lowest BCUT2D eigenvalue weighted by molar-refractivity contribution is -0.104. The first-order chi connectivity index (χ1) is 15.6. The van der Waals surface area contributed by atoms with Gasteiger partial charge in [-0.15, -0.1) is 0 Å². The molecule has 4 rings (SSSR count). The van der Waals surface area contributed by atoms with Crippen LogP contribution in [0.25, 0.3) is 6.08 Å². The largest absolute Gasteiger partial charge is 0.299 e. The smallest absolute Gasteiger partial charge is 0.142 e. The van der Waals surface area contributed by atoms with Crippen LogP contribution in [-0.4, -0.2) is 59.2 Å². The summed E-state index contributed by atoms with van der Waals surface area (Å²) in [5.74, 6) is 0. The summed E-state index contributed by atoms with van der Waals surface area (Å²) >= 11 is 0. The van der Waals surface area contributed by atoms with Gasteiger partial charge in [-0.05, 0) is 68.1 Å². The van der Waals surface area contributed by atoms with E-state index in [0.29, 0.717) is 12.1 Å². The lowest BCUT2D eigenvalue weighted by Gasteiger charge is -2.44. The molecule has 0 aliphatic carbocycles. The summed E-state index contributed by atoms with van der Waals surface area (Å²) in [6, 6.07) is 18.8. The summed E-state index contributed by atoms with van der Waals surface area (Å²) in [4.78, 5) is 18.3. The fourth-order valence-electron chi connectivity index (χ4n) is 5.29. The Balaban J connectivity index is 1.32. The van der Waals surface area contributed by atoms with Crippen LogP contribution in [0.4, 0.5) is 0 Å². The van der Waals surface area contributed by atoms with E-state index in [2.05, 4.69) is 77.1 Å². The van der Waals surface area contributed by atoms with Gasteiger partial charge in [-0.2, -0.15) is 0 Å². The second kappa shape index (κ2) is 11.0. The van der Waals surface area contributed by atoms with Gasteiger partial charge in [0, 0.05) is 44.8 Å². The number of piperazine rings is 1. The second-order valence-electron chi connectivity index (χ2n) is 9.60. The first kappa shape index (κ1) is 22.9. The number of benzene rings is 2. The highest BCUT2D eigenvalue weighted by Gasteiger charge is 2.29. The van der Waals surface area contributed by atoms with Gasteiger partial charge >= 0.3 is 0 Å². The van der Waals surface area contributed by atoms with Crippen molar-refractivity contribution in [1.29, 1.82) is 0 Å². The van der Waals surface area contributed by atoms with E-state index in [1.165, 1.54) is 42.6 Å². The second-order valence-corrected chi connectivity index (χ2v) is 9.60. The Hall–Kier alpha value is -2.27. The van der Waals surface area contributed by atoms with E-state index >= 15 is 0 Å². The third-order valence-corrected chi connectivity index (χ3v) is 6.89. The fraction of sp³-hybridized carbons (Fsp3) is 0.464. The monoisotopic (exact) mass is 431 g/mol. The Labute approximate surface area is 193 Å². The lowest BCUT2D eigenvalue weighted by atomic mass is 10.0. The number of rotatable bonds is 8. The van der Waals surface area contributed by atoms with Crippen LogP contribution in [0.5, 0.6) is 0 Å². The molecule has 4 heteroatoms. The van der Waals surface area contributed by atoms with Gasteiger partial charge in [0.25, 0.3) is 0 Å². The van der Waals surface area contributed by atoms with Crippen molar-refractivity contribution in [1.82, 2.24) is 14.7 Å². The van der Waals surface area contributed by atoms with E-state index in [1.54, 1.807) is 6.08 Å². The van der Waals surface area contributed by atoms with Gasteiger partial charge in [-0.1, -0.05) is 54.6 Å². The number of likely N-dealkylation sites (tertiary alicyclic amines) is 1. The molecule has 2 aromatic rings. The molecule has 0 saturated carbocycles. The van der Waals surface area contributed by atoms with Crippen LogP contribution in [0.15, 0.2) is 54.6 Å². The van der Waals surface area contributed by atoms with Crippen molar-refractivity contribution >= 4 is 12.4 Å². The molecule has 2 aliphatic heterocycles. The molecule has 4 nitrogen and oxygen atoms in total. The molecule has 170 valence electrons. The number of hydrogen-bond donors (Lipinski definition) is 0. The third kappa shape index (κ3) is 6.16. The first-order valence-corrected chi connectivity index (χ1v) is 12.1. The molecule has 2 unspecified atom stereocenters. The molecule has 0 bridgehead atoms. The molecule has 2 heterocycles. The van der Waals surface area contributed by atoms with Crippen LogP contribution in [0.3, 0.4) is 0 Å². The number of allylic oxidation sites excluding steroid dienone is 1. The quantitative estimate of drug-likeness (QED) is 0.451. The molecule has 2 saturated heterocycles. The lowest BCUT2D eigenvalue weighted by Crippen LogP contribution is -2.55. The Bertz CT molecular complexity index is 889. The first-order valence-electron chi connectivity index (χ1n) is 12.1. The summed E-state index contributed by atoms with van der Waals surface area (Å²) in [6.45, 7) is 12.5. The third-order valence-electron chi connectivity index (χ3n) is 6.89. The molecule has 2 aromatic carbocycles. The average molecular weight is 432 g/mol. The maximum atomic E-state index is 10.5. The van der Waals surface area contributed by atoms with E-state index in [-0.39, 0.29) is 0 Å². The molecule has 0 spiro atoms. The Morgan fingerprint density at radius 3 is 2.06 bits per heavy atom. The van der Waals surface area contributed by atoms with Crippen LogP contribution in [0.1, 0.15) is 48.9 Å². The predicted octanol–water partition coefficient (Wildman–Crippen LogP) is 4.59. The van der Waals surface area contributed by atoms with E-state index in [0.717, 1.165) is 44.6 Å². The zero-order valence-corrected chi connectivity index (χ0v) is 19.6. The number of nitrogens with zero attached hydrogens (tertiary/aromatic N) is 3. The summed E-state index contributed by atoms with van der Waals surface area (Å²) < 4.78 is 0. The number of carbonyl (C=O) groups excluding carboxylic acids is 1. The summed E-state index contributed by atoms with van der Waals surface area (Å²) in [5.41, 5.74) is 5.29. The maximum Gasteiger partial charge on any atom is 0.142 e. The molecule has 2 atom stereocenters. The summed E-state index contributed by atoms with van der Waals surface area (Å²) in [7, 11) is 0. The van der Waals surface area contributed by atoms with Gasteiger partial charge in [-0.3, -0.25) is 19.5 Å². The number of carbonyl (C=O) groups is 1. The molecule has 0 aromatic heterocycles. The normalized spacial score (nSPS) is 23.2. The zero-order valence-electron chi connectivity index (χ0n) is 19.6. The van der Waals surface area contributed by atoms with Gasteiger partial charge in [0.15, 0.2) is 0 Å². The summed E-state index contributed by atoms with van der Waals surface area (Å²) in [6.07, 6.45) is 6.91. The number of hydrogen-bond acceptors (Lipinski definition) is 4. The Morgan fingerprint density at radius 2 is 1.44 bits per heavy atom. The van der Waals surface area contributed by atoms with Crippen molar-refractivity contribution in [2.45, 2.75) is 58.4 Å².